The molecule has 1 aliphatic carbocycles. The number of likely N-dealkylation sites (tertiary alicyclic amines) is 1. The monoisotopic (exact) mass is 480 g/mol. The molecule has 3 aromatic carbocycles. The highest BCUT2D eigenvalue weighted by molar-refractivity contribution is 5.87. The maximum absolute atomic E-state index is 10.8. The van der Waals surface area contributed by atoms with Gasteiger partial charge in [-0.1, -0.05) is 85.8 Å². The topological polar surface area (TPSA) is 48.6 Å². The number of fused-ring (bicyclic) bond motifs is 6. The smallest absolute Gasteiger partial charge is 0.0510 e. The second-order valence-corrected chi connectivity index (χ2v) is 10.8. The molecule has 1 saturated heterocycles. The number of benzene rings is 3. The predicted molar refractivity (Wildman–Crippen MR) is 145 cm³/mol. The minimum absolute atomic E-state index is 0.0316. The van der Waals surface area contributed by atoms with Crippen molar-refractivity contribution in [2.75, 3.05) is 19.8 Å². The molecule has 0 amide bonds. The maximum atomic E-state index is 10.8. The van der Waals surface area contributed by atoms with Gasteiger partial charge < -0.3 is 14.8 Å². The highest BCUT2D eigenvalue weighted by Gasteiger charge is 2.54. The van der Waals surface area contributed by atoms with E-state index < -0.39 is 0 Å². The lowest BCUT2D eigenvalue weighted by Gasteiger charge is -2.56. The first-order chi connectivity index (χ1) is 17.7. The molecule has 4 nitrogen and oxygen atoms in total. The summed E-state index contributed by atoms with van der Waals surface area (Å²) in [5, 5.41) is 22.9. The molecule has 2 N–H and O–H groups in total. The van der Waals surface area contributed by atoms with Gasteiger partial charge in [-0.2, -0.15) is 0 Å². The van der Waals surface area contributed by atoms with Gasteiger partial charge in [-0.15, -0.1) is 0 Å². The number of aliphatic hydroxyl groups is 2. The van der Waals surface area contributed by atoms with Crippen LogP contribution in [0.25, 0.3) is 10.9 Å². The zero-order valence-electron chi connectivity index (χ0n) is 21.1. The molecule has 36 heavy (non-hydrogen) atoms. The quantitative estimate of drug-likeness (QED) is 0.355. The molecule has 0 saturated carbocycles. The fraction of sp³-hybridized carbons (Fsp3) is 0.375. The summed E-state index contributed by atoms with van der Waals surface area (Å²) in [4.78, 5) is 2.61. The van der Waals surface area contributed by atoms with Crippen LogP contribution in [0.1, 0.15) is 54.1 Å². The van der Waals surface area contributed by atoms with E-state index >= 15 is 0 Å². The largest absolute Gasteiger partial charge is 0.396 e. The van der Waals surface area contributed by atoms with Gasteiger partial charge in [-0.05, 0) is 41.5 Å². The number of rotatable bonds is 7. The molecule has 1 fully saturated rings. The summed E-state index contributed by atoms with van der Waals surface area (Å²) >= 11 is 0. The summed E-state index contributed by atoms with van der Waals surface area (Å²) in [6, 6.07) is 30.4. The van der Waals surface area contributed by atoms with Crippen LogP contribution < -0.4 is 0 Å². The average molecular weight is 481 g/mol. The molecule has 2 heterocycles. The Morgan fingerprint density at radius 1 is 0.833 bits per heavy atom. The Morgan fingerprint density at radius 2 is 1.47 bits per heavy atom. The van der Waals surface area contributed by atoms with Crippen molar-refractivity contribution < 1.29 is 10.2 Å². The highest BCUT2D eigenvalue weighted by Crippen LogP contribution is 2.58. The SMILES string of the molecule is CCC1(CO)CN(Cc2ccccc2)[C@H]2CC1[C@@H](CO)c1c2n(Cc2ccccc2)c2ccccc12. The Kier molecular flexibility index (Phi) is 6.20. The van der Waals surface area contributed by atoms with Crippen molar-refractivity contribution in [3.05, 3.63) is 107 Å². The van der Waals surface area contributed by atoms with Gasteiger partial charge in [0.1, 0.15) is 0 Å². The third-order valence-corrected chi connectivity index (χ3v) is 9.07. The zero-order valence-corrected chi connectivity index (χ0v) is 21.1. The van der Waals surface area contributed by atoms with E-state index in [1.807, 2.05) is 0 Å². The molecule has 0 spiro atoms. The predicted octanol–water partition coefficient (Wildman–Crippen LogP) is 5.73. The minimum atomic E-state index is -0.223. The van der Waals surface area contributed by atoms with E-state index in [1.54, 1.807) is 0 Å². The summed E-state index contributed by atoms with van der Waals surface area (Å²) in [7, 11) is 0. The Bertz CT molecular complexity index is 1330. The van der Waals surface area contributed by atoms with E-state index in [4.69, 9.17) is 0 Å². The van der Waals surface area contributed by atoms with Crippen LogP contribution in [0.3, 0.4) is 0 Å². The van der Waals surface area contributed by atoms with E-state index in [0.717, 1.165) is 32.5 Å². The van der Waals surface area contributed by atoms with Crippen LogP contribution in [-0.4, -0.2) is 39.4 Å². The first-order valence-electron chi connectivity index (χ1n) is 13.3. The van der Waals surface area contributed by atoms with Crippen molar-refractivity contribution in [2.45, 2.75) is 44.8 Å². The van der Waals surface area contributed by atoms with Gasteiger partial charge in [0, 0.05) is 47.6 Å². The molecule has 186 valence electrons. The molecule has 2 aliphatic rings. The van der Waals surface area contributed by atoms with E-state index in [-0.39, 0.29) is 36.5 Å². The van der Waals surface area contributed by atoms with Gasteiger partial charge in [0.15, 0.2) is 0 Å². The molecule has 2 bridgehead atoms. The second kappa shape index (κ2) is 9.51. The molecule has 6 rings (SSSR count). The molecular weight excluding hydrogens is 444 g/mol. The first kappa shape index (κ1) is 23.5. The Hall–Kier alpha value is -2.92. The molecule has 1 aliphatic heterocycles. The number of aliphatic hydroxyl groups excluding tert-OH is 2. The van der Waals surface area contributed by atoms with Crippen LogP contribution >= 0.6 is 0 Å². The number of nitrogens with zero attached hydrogens (tertiary/aromatic N) is 2. The highest BCUT2D eigenvalue weighted by atomic mass is 16.3. The van der Waals surface area contributed by atoms with Crippen molar-refractivity contribution in [3.63, 3.8) is 0 Å². The Morgan fingerprint density at radius 3 is 2.11 bits per heavy atom. The summed E-state index contributed by atoms with van der Waals surface area (Å²) in [5.74, 6) is 0.280. The molecule has 4 atom stereocenters. The second-order valence-electron chi connectivity index (χ2n) is 10.8. The number of piperidine rings is 1. The molecule has 4 aromatic rings. The van der Waals surface area contributed by atoms with Crippen molar-refractivity contribution in [1.29, 1.82) is 0 Å². The van der Waals surface area contributed by atoms with Crippen LogP contribution in [0.4, 0.5) is 0 Å². The van der Waals surface area contributed by atoms with Gasteiger partial charge in [0.25, 0.3) is 0 Å². The minimum Gasteiger partial charge on any atom is -0.396 e. The molecule has 1 aromatic heterocycles. The van der Waals surface area contributed by atoms with Crippen molar-refractivity contribution in [1.82, 2.24) is 9.47 Å². The van der Waals surface area contributed by atoms with E-state index in [0.29, 0.717) is 0 Å². The van der Waals surface area contributed by atoms with Gasteiger partial charge in [-0.3, -0.25) is 4.90 Å². The summed E-state index contributed by atoms with van der Waals surface area (Å²) in [6.45, 7) is 4.99. The van der Waals surface area contributed by atoms with Crippen LogP contribution in [-0.2, 0) is 13.1 Å². The molecular formula is C32H36N2O2. The van der Waals surface area contributed by atoms with Crippen molar-refractivity contribution in [2.24, 2.45) is 11.3 Å². The van der Waals surface area contributed by atoms with Crippen LogP contribution in [0.2, 0.25) is 0 Å². The van der Waals surface area contributed by atoms with E-state index in [1.165, 1.54) is 33.3 Å². The molecule has 4 heteroatoms. The summed E-state index contributed by atoms with van der Waals surface area (Å²) in [6.07, 6.45) is 1.87. The number of para-hydroxylation sites is 1. The number of hydrogen-bond donors (Lipinski definition) is 2. The fourth-order valence-corrected chi connectivity index (χ4v) is 7.24. The lowest BCUT2D eigenvalue weighted by atomic mass is 9.58. The van der Waals surface area contributed by atoms with Gasteiger partial charge in [-0.25, -0.2) is 0 Å². The number of hydrogen-bond acceptors (Lipinski definition) is 3. The van der Waals surface area contributed by atoms with Gasteiger partial charge in [0.2, 0.25) is 0 Å². The van der Waals surface area contributed by atoms with E-state index in [9.17, 15) is 10.2 Å². The lowest BCUT2D eigenvalue weighted by Crippen LogP contribution is -2.56. The zero-order chi connectivity index (χ0) is 24.7. The standard InChI is InChI=1S/C32H36N2O2/c1-2-32(22-36)21-33(18-23-11-5-3-6-12-23)29-17-27(32)26(20-35)30-25-15-9-10-16-28(25)34(31(29)30)19-24-13-7-4-8-14-24/h3-16,26-27,29,35-36H,2,17-22H2,1H3/t26-,27?,29+,32?/m1/s1. The van der Waals surface area contributed by atoms with Gasteiger partial charge in [0.05, 0.1) is 19.3 Å². The lowest BCUT2D eigenvalue weighted by molar-refractivity contribution is -0.0789. The first-order valence-corrected chi connectivity index (χ1v) is 13.3. The maximum Gasteiger partial charge on any atom is 0.0510 e. The average Bonchev–Trinajstić information content (AvgIpc) is 3.25. The van der Waals surface area contributed by atoms with Crippen LogP contribution in [0.5, 0.6) is 0 Å². The van der Waals surface area contributed by atoms with Gasteiger partial charge >= 0.3 is 0 Å². The Balaban J connectivity index is 1.57. The normalized spacial score (nSPS) is 25.7. The third-order valence-electron chi connectivity index (χ3n) is 9.07. The summed E-state index contributed by atoms with van der Waals surface area (Å²) in [5.41, 5.74) is 6.26. The van der Waals surface area contributed by atoms with Crippen molar-refractivity contribution in [3.8, 4) is 0 Å². The molecule has 0 radical (unpaired) electrons. The molecule has 2 unspecified atom stereocenters. The van der Waals surface area contributed by atoms with Crippen molar-refractivity contribution >= 4 is 10.9 Å². The van der Waals surface area contributed by atoms with Crippen LogP contribution in [0.15, 0.2) is 84.9 Å². The number of aromatic nitrogens is 1. The van der Waals surface area contributed by atoms with E-state index in [2.05, 4.69) is 101 Å². The third kappa shape index (κ3) is 3.71. The van der Waals surface area contributed by atoms with Crippen LogP contribution in [0, 0.1) is 11.3 Å². The summed E-state index contributed by atoms with van der Waals surface area (Å²) < 4.78 is 2.51. The fourth-order valence-electron chi connectivity index (χ4n) is 7.24. The Labute approximate surface area is 213 Å².